The number of hydrogen-bond acceptors (Lipinski definition) is 4. The van der Waals surface area contributed by atoms with Crippen LogP contribution in [-0.2, 0) is 25.7 Å². The van der Waals surface area contributed by atoms with Crippen molar-refractivity contribution >= 4 is 10.8 Å². The third kappa shape index (κ3) is 16.9. The molecule has 4 nitrogen and oxygen atoms in total. The largest absolute Gasteiger partial charge is 0.225 e. The summed E-state index contributed by atoms with van der Waals surface area (Å²) < 4.78 is 0. The fourth-order valence-electron chi connectivity index (χ4n) is 12.1. The van der Waals surface area contributed by atoms with Crippen LogP contribution >= 0.6 is 0 Å². The second-order valence-corrected chi connectivity index (χ2v) is 23.3. The molecule has 0 N–H and O–H groups in total. The highest BCUT2D eigenvalue weighted by atomic mass is 15.0. The predicted octanol–water partition coefficient (Wildman–Crippen LogP) is 22.7. The SMILES string of the molecule is CCCCCCCCc1cc(-c2cc(-c3cc(CCCCCCCC)c(-c4cccc5c(C)cccc45)cc3CCCCCCCC)nc(-c3nc(-c4ccccc4)cc(-c4ccccc4)n3)n2)c(CCCCCCCC)cc1C. The summed E-state index contributed by atoms with van der Waals surface area (Å²) in [5.74, 6) is 1.13. The summed E-state index contributed by atoms with van der Waals surface area (Å²) in [5.41, 5.74) is 19.3. The molecule has 0 aliphatic heterocycles. The Balaban J connectivity index is 1.37. The zero-order chi connectivity index (χ0) is 55.7. The van der Waals surface area contributed by atoms with E-state index in [9.17, 15) is 0 Å². The standard InChI is InChI=1S/C76H96N4/c1-7-11-15-19-23-29-44-61-52-69(62(51-58(61)6)45-30-24-20-16-12-8-2)73-56-74(80-76(79-73)75-77-71(59-40-33-27-34-41-59)55-72(78-75)60-42-35-28-36-43-60)70-54-63(46-31-25-21-17-13-9-3)68(53-64(70)47-32-26-22-18-14-10-4)67-50-38-48-65-57(5)39-37-49-66(65)67/h27-28,33-43,48-56H,7-26,29-32,44-47H2,1-6H3. The van der Waals surface area contributed by atoms with Gasteiger partial charge in [0.2, 0.25) is 0 Å². The molecule has 420 valence electrons. The summed E-state index contributed by atoms with van der Waals surface area (Å²) in [5, 5.41) is 2.67. The lowest BCUT2D eigenvalue weighted by atomic mass is 9.86. The van der Waals surface area contributed by atoms with E-state index >= 15 is 0 Å². The molecule has 2 aromatic heterocycles. The van der Waals surface area contributed by atoms with Gasteiger partial charge in [-0.2, -0.15) is 0 Å². The minimum Gasteiger partial charge on any atom is -0.225 e. The lowest BCUT2D eigenvalue weighted by Gasteiger charge is -2.20. The second kappa shape index (κ2) is 32.3. The van der Waals surface area contributed by atoms with Crippen LogP contribution in [0, 0.1) is 13.8 Å². The molecule has 80 heavy (non-hydrogen) atoms. The first-order chi connectivity index (χ1) is 39.4. The number of fused-ring (bicyclic) bond motifs is 1. The van der Waals surface area contributed by atoms with Crippen molar-refractivity contribution in [3.05, 3.63) is 167 Å². The van der Waals surface area contributed by atoms with E-state index in [0.717, 1.165) is 72.4 Å². The summed E-state index contributed by atoms with van der Waals surface area (Å²) in [4.78, 5) is 22.3. The summed E-state index contributed by atoms with van der Waals surface area (Å²) >= 11 is 0. The van der Waals surface area contributed by atoms with E-state index in [0.29, 0.717) is 11.6 Å². The lowest BCUT2D eigenvalue weighted by Crippen LogP contribution is -2.05. The van der Waals surface area contributed by atoms with Crippen LogP contribution in [0.2, 0.25) is 0 Å². The molecule has 6 aromatic carbocycles. The second-order valence-electron chi connectivity index (χ2n) is 23.3. The number of benzene rings is 6. The molecule has 0 saturated carbocycles. The van der Waals surface area contributed by atoms with E-state index in [1.54, 1.807) is 0 Å². The lowest BCUT2D eigenvalue weighted by molar-refractivity contribution is 0.605. The van der Waals surface area contributed by atoms with E-state index in [1.807, 2.05) is 0 Å². The fourth-order valence-corrected chi connectivity index (χ4v) is 12.1. The van der Waals surface area contributed by atoms with Crippen molar-refractivity contribution in [2.45, 2.75) is 221 Å². The number of unbranched alkanes of at least 4 members (excludes halogenated alkanes) is 20. The number of nitrogens with zero attached hydrogens (tertiary/aromatic N) is 4. The Hall–Kier alpha value is -6.26. The average Bonchev–Trinajstić information content (AvgIpc) is 3.54. The van der Waals surface area contributed by atoms with Crippen LogP contribution in [-0.4, -0.2) is 19.9 Å². The average molecular weight is 1070 g/mol. The van der Waals surface area contributed by atoms with Crippen molar-refractivity contribution < 1.29 is 0 Å². The summed E-state index contributed by atoms with van der Waals surface area (Å²) in [7, 11) is 0. The van der Waals surface area contributed by atoms with Gasteiger partial charge in [0.15, 0.2) is 11.6 Å². The first-order valence-corrected chi connectivity index (χ1v) is 32.1. The maximum absolute atomic E-state index is 5.76. The molecule has 0 radical (unpaired) electrons. The van der Waals surface area contributed by atoms with Gasteiger partial charge in [-0.15, -0.1) is 0 Å². The molecule has 2 heterocycles. The van der Waals surface area contributed by atoms with Crippen molar-refractivity contribution in [1.29, 1.82) is 0 Å². The Bertz CT molecular complexity index is 3080. The predicted molar refractivity (Wildman–Crippen MR) is 346 cm³/mol. The maximum Gasteiger partial charge on any atom is 0.198 e. The molecule has 4 heteroatoms. The minimum absolute atomic E-state index is 0.553. The Morgan fingerprint density at radius 3 is 1.11 bits per heavy atom. The first kappa shape index (κ1) is 59.9. The Kier molecular flexibility index (Phi) is 24.1. The smallest absolute Gasteiger partial charge is 0.198 e. The molecule has 0 aliphatic carbocycles. The van der Waals surface area contributed by atoms with Crippen LogP contribution in [0.15, 0.2) is 133 Å². The highest BCUT2D eigenvalue weighted by Gasteiger charge is 2.22. The van der Waals surface area contributed by atoms with Crippen molar-refractivity contribution in [1.82, 2.24) is 19.9 Å². The Labute approximate surface area is 484 Å². The molecule has 8 aromatic rings. The maximum atomic E-state index is 5.76. The molecule has 0 unspecified atom stereocenters. The zero-order valence-corrected chi connectivity index (χ0v) is 50.3. The van der Waals surface area contributed by atoms with Gasteiger partial charge in [0.05, 0.1) is 22.8 Å². The van der Waals surface area contributed by atoms with Gasteiger partial charge >= 0.3 is 0 Å². The van der Waals surface area contributed by atoms with Crippen LogP contribution in [0.1, 0.15) is 215 Å². The minimum atomic E-state index is 0.553. The molecular formula is C76H96N4. The molecule has 0 bridgehead atoms. The van der Waals surface area contributed by atoms with E-state index in [-0.39, 0.29) is 0 Å². The summed E-state index contributed by atoms with van der Waals surface area (Å²) in [6.45, 7) is 13.9. The van der Waals surface area contributed by atoms with E-state index in [1.165, 1.54) is 208 Å². The zero-order valence-electron chi connectivity index (χ0n) is 50.3. The molecule has 0 amide bonds. The van der Waals surface area contributed by atoms with Crippen molar-refractivity contribution in [3.63, 3.8) is 0 Å². The molecule has 0 atom stereocenters. The molecular weight excluding hydrogens is 969 g/mol. The van der Waals surface area contributed by atoms with E-state index in [2.05, 4.69) is 175 Å². The van der Waals surface area contributed by atoms with Gasteiger partial charge in [0, 0.05) is 22.3 Å². The Morgan fingerprint density at radius 1 is 0.263 bits per heavy atom. The van der Waals surface area contributed by atoms with Gasteiger partial charge in [-0.1, -0.05) is 265 Å². The van der Waals surface area contributed by atoms with E-state index in [4.69, 9.17) is 19.9 Å². The van der Waals surface area contributed by atoms with Gasteiger partial charge in [0.1, 0.15) is 0 Å². The number of rotatable bonds is 34. The summed E-state index contributed by atoms with van der Waals surface area (Å²) in [6, 6.07) is 49.6. The Morgan fingerprint density at radius 2 is 0.625 bits per heavy atom. The van der Waals surface area contributed by atoms with Crippen molar-refractivity contribution in [3.8, 4) is 67.8 Å². The van der Waals surface area contributed by atoms with Crippen LogP contribution in [0.3, 0.4) is 0 Å². The highest BCUT2D eigenvalue weighted by molar-refractivity contribution is 5.99. The molecule has 0 fully saturated rings. The molecule has 0 spiro atoms. The number of aryl methyl sites for hydroxylation is 6. The molecule has 8 rings (SSSR count). The third-order valence-electron chi connectivity index (χ3n) is 16.9. The fraction of sp³-hybridized carbons (Fsp3) is 0.447. The van der Waals surface area contributed by atoms with Crippen molar-refractivity contribution in [2.75, 3.05) is 0 Å². The van der Waals surface area contributed by atoms with Gasteiger partial charge in [-0.3, -0.25) is 0 Å². The van der Waals surface area contributed by atoms with Crippen LogP contribution in [0.25, 0.3) is 78.6 Å². The summed E-state index contributed by atoms with van der Waals surface area (Å²) in [6.07, 6.45) is 34.4. The van der Waals surface area contributed by atoms with Crippen LogP contribution < -0.4 is 0 Å². The van der Waals surface area contributed by atoms with Gasteiger partial charge in [-0.05, 0) is 145 Å². The number of aromatic nitrogens is 4. The monoisotopic (exact) mass is 1060 g/mol. The highest BCUT2D eigenvalue weighted by Crippen LogP contribution is 2.40. The number of hydrogen-bond donors (Lipinski definition) is 0. The van der Waals surface area contributed by atoms with Gasteiger partial charge in [0.25, 0.3) is 0 Å². The van der Waals surface area contributed by atoms with Gasteiger partial charge in [-0.25, -0.2) is 19.9 Å². The quantitative estimate of drug-likeness (QED) is 0.0377. The molecule has 0 aliphatic rings. The van der Waals surface area contributed by atoms with E-state index < -0.39 is 0 Å². The third-order valence-corrected chi connectivity index (χ3v) is 16.9. The topological polar surface area (TPSA) is 51.6 Å². The molecule has 0 saturated heterocycles. The van der Waals surface area contributed by atoms with Crippen LogP contribution in [0.5, 0.6) is 0 Å². The van der Waals surface area contributed by atoms with Gasteiger partial charge < -0.3 is 0 Å². The first-order valence-electron chi connectivity index (χ1n) is 32.1. The normalized spacial score (nSPS) is 11.5. The van der Waals surface area contributed by atoms with Crippen LogP contribution in [0.4, 0.5) is 0 Å². The van der Waals surface area contributed by atoms with Crippen molar-refractivity contribution in [2.24, 2.45) is 0 Å².